The van der Waals surface area contributed by atoms with Crippen molar-refractivity contribution >= 4 is 6.29 Å². The van der Waals surface area contributed by atoms with E-state index in [1.807, 2.05) is 0 Å². The monoisotopic (exact) mass is 338 g/mol. The van der Waals surface area contributed by atoms with Gasteiger partial charge >= 0.3 is 0 Å². The van der Waals surface area contributed by atoms with Gasteiger partial charge < -0.3 is 19.4 Å². The predicted molar refractivity (Wildman–Crippen MR) is 97.0 cm³/mol. The van der Waals surface area contributed by atoms with E-state index in [0.29, 0.717) is 25.0 Å². The van der Waals surface area contributed by atoms with Gasteiger partial charge in [0.05, 0.1) is 31.5 Å². The van der Waals surface area contributed by atoms with Gasteiger partial charge in [0.25, 0.3) is 0 Å². The Morgan fingerprint density at radius 2 is 2.04 bits per heavy atom. The third kappa shape index (κ3) is 6.50. The second kappa shape index (κ2) is 10.8. The van der Waals surface area contributed by atoms with E-state index in [-0.39, 0.29) is 18.8 Å². The van der Waals surface area contributed by atoms with Gasteiger partial charge in [-0.15, -0.1) is 0 Å². The van der Waals surface area contributed by atoms with Gasteiger partial charge in [-0.1, -0.05) is 32.9 Å². The third-order valence-corrected chi connectivity index (χ3v) is 4.64. The fourth-order valence-corrected chi connectivity index (χ4v) is 3.19. The van der Waals surface area contributed by atoms with Crippen LogP contribution in [0, 0.1) is 5.92 Å². The first-order valence-electron chi connectivity index (χ1n) is 9.09. The van der Waals surface area contributed by atoms with E-state index in [9.17, 15) is 9.90 Å². The van der Waals surface area contributed by atoms with Crippen LogP contribution in [0.5, 0.6) is 0 Å². The quantitative estimate of drug-likeness (QED) is 0.591. The number of carbonyl (C=O) groups is 1. The van der Waals surface area contributed by atoms with E-state index in [4.69, 9.17) is 9.47 Å². The lowest BCUT2D eigenvalue weighted by Crippen LogP contribution is -2.34. The van der Waals surface area contributed by atoms with Crippen LogP contribution in [0.25, 0.3) is 0 Å². The lowest BCUT2D eigenvalue weighted by molar-refractivity contribution is -0.108. The molecular weight excluding hydrogens is 304 g/mol. The van der Waals surface area contributed by atoms with Gasteiger partial charge in [-0.3, -0.25) is 0 Å². The summed E-state index contributed by atoms with van der Waals surface area (Å²) >= 11 is 0. The lowest BCUT2D eigenvalue weighted by Gasteiger charge is -2.34. The number of ether oxygens (including phenoxy) is 2. The topological polar surface area (TPSA) is 55.8 Å². The first-order chi connectivity index (χ1) is 11.4. The molecule has 0 radical (unpaired) electrons. The number of rotatable bonds is 6. The van der Waals surface area contributed by atoms with Crippen LogP contribution in [-0.2, 0) is 14.3 Å². The summed E-state index contributed by atoms with van der Waals surface area (Å²) in [6.07, 6.45) is 6.10. The average Bonchev–Trinajstić information content (AvgIpc) is 2.98. The average molecular weight is 338 g/mol. The standard InChI is InChI=1S/C12H22O2.C8H12O2/c1-5-10-6-9(4)11(7-13)12(14-10)8(2)3;1-7-5-8(10-6-7)3-2-4-9/h8,10,12-13H,5-7H2,1-4H3;4,8H,1-3,5-6H2. The maximum atomic E-state index is 9.97. The molecule has 0 amide bonds. The Morgan fingerprint density at radius 3 is 2.50 bits per heavy atom. The van der Waals surface area contributed by atoms with E-state index >= 15 is 0 Å². The molecule has 0 bridgehead atoms. The van der Waals surface area contributed by atoms with Crippen molar-refractivity contribution < 1.29 is 19.4 Å². The van der Waals surface area contributed by atoms with Crippen molar-refractivity contribution in [3.8, 4) is 0 Å². The van der Waals surface area contributed by atoms with Crippen LogP contribution in [0.1, 0.15) is 59.8 Å². The number of carbonyl (C=O) groups excluding carboxylic acids is 1. The first-order valence-corrected chi connectivity index (χ1v) is 9.09. The molecular formula is C20H34O4. The van der Waals surface area contributed by atoms with Crippen molar-refractivity contribution in [2.45, 2.75) is 78.1 Å². The zero-order chi connectivity index (χ0) is 18.1. The molecule has 2 aliphatic rings. The Hall–Kier alpha value is -0.970. The van der Waals surface area contributed by atoms with E-state index in [2.05, 4.69) is 34.3 Å². The molecule has 0 aromatic rings. The Kier molecular flexibility index (Phi) is 9.49. The highest BCUT2D eigenvalue weighted by Gasteiger charge is 2.28. The predicted octanol–water partition coefficient (Wildman–Crippen LogP) is 3.83. The van der Waals surface area contributed by atoms with E-state index in [0.717, 1.165) is 43.1 Å². The zero-order valence-corrected chi connectivity index (χ0v) is 15.7. The normalized spacial score (nSPS) is 27.2. The first kappa shape index (κ1) is 21.1. The molecule has 1 fully saturated rings. The Labute approximate surface area is 146 Å². The SMILES string of the molecule is C=C1COC(CCC=O)C1.CCC1CC(C)=C(CO)C(C(C)C)O1. The van der Waals surface area contributed by atoms with Crippen LogP contribution in [0.4, 0.5) is 0 Å². The molecule has 24 heavy (non-hydrogen) atoms. The molecule has 4 heteroatoms. The van der Waals surface area contributed by atoms with Crippen molar-refractivity contribution in [3.05, 3.63) is 23.3 Å². The molecule has 2 rings (SSSR count). The number of aliphatic hydroxyl groups is 1. The second-order valence-corrected chi connectivity index (χ2v) is 7.13. The van der Waals surface area contributed by atoms with Crippen molar-refractivity contribution in [3.63, 3.8) is 0 Å². The summed E-state index contributed by atoms with van der Waals surface area (Å²) in [5, 5.41) is 9.30. The van der Waals surface area contributed by atoms with E-state index in [1.165, 1.54) is 5.57 Å². The Bertz CT molecular complexity index is 439. The van der Waals surface area contributed by atoms with E-state index < -0.39 is 0 Å². The fraction of sp³-hybridized carbons (Fsp3) is 0.750. The molecule has 4 nitrogen and oxygen atoms in total. The number of aldehydes is 1. The number of hydrogen-bond donors (Lipinski definition) is 1. The number of aliphatic hydroxyl groups excluding tert-OH is 1. The van der Waals surface area contributed by atoms with Gasteiger partial charge in [0.1, 0.15) is 6.29 Å². The van der Waals surface area contributed by atoms with Crippen molar-refractivity contribution in [1.29, 1.82) is 0 Å². The van der Waals surface area contributed by atoms with Gasteiger partial charge in [0.2, 0.25) is 0 Å². The van der Waals surface area contributed by atoms with Gasteiger partial charge in [-0.05, 0) is 49.7 Å². The molecule has 2 heterocycles. The van der Waals surface area contributed by atoms with Crippen LogP contribution < -0.4 is 0 Å². The minimum Gasteiger partial charge on any atom is -0.392 e. The molecule has 138 valence electrons. The highest BCUT2D eigenvalue weighted by molar-refractivity contribution is 5.49. The molecule has 1 N–H and O–H groups in total. The third-order valence-electron chi connectivity index (χ3n) is 4.64. The highest BCUT2D eigenvalue weighted by Crippen LogP contribution is 2.30. The van der Waals surface area contributed by atoms with Crippen LogP contribution in [0.2, 0.25) is 0 Å². The zero-order valence-electron chi connectivity index (χ0n) is 15.7. The van der Waals surface area contributed by atoms with Gasteiger partial charge in [-0.25, -0.2) is 0 Å². The highest BCUT2D eigenvalue weighted by atomic mass is 16.5. The molecule has 0 spiro atoms. The summed E-state index contributed by atoms with van der Waals surface area (Å²) in [6.45, 7) is 13.2. The van der Waals surface area contributed by atoms with Crippen LogP contribution in [0.3, 0.4) is 0 Å². The molecule has 2 aliphatic heterocycles. The maximum Gasteiger partial charge on any atom is 0.120 e. The van der Waals surface area contributed by atoms with Crippen molar-refractivity contribution in [2.75, 3.05) is 13.2 Å². The van der Waals surface area contributed by atoms with Gasteiger partial charge in [0.15, 0.2) is 0 Å². The minimum absolute atomic E-state index is 0.124. The molecule has 0 aliphatic carbocycles. The van der Waals surface area contributed by atoms with Crippen LogP contribution in [0.15, 0.2) is 23.3 Å². The van der Waals surface area contributed by atoms with Crippen LogP contribution in [-0.4, -0.2) is 42.9 Å². The maximum absolute atomic E-state index is 9.97. The summed E-state index contributed by atoms with van der Waals surface area (Å²) in [4.78, 5) is 9.97. The molecule has 1 saturated heterocycles. The summed E-state index contributed by atoms with van der Waals surface area (Å²) in [7, 11) is 0. The molecule has 3 atom stereocenters. The molecule has 3 unspecified atom stereocenters. The Balaban J connectivity index is 0.000000254. The fourth-order valence-electron chi connectivity index (χ4n) is 3.19. The van der Waals surface area contributed by atoms with Gasteiger partial charge in [-0.2, -0.15) is 0 Å². The van der Waals surface area contributed by atoms with Crippen LogP contribution >= 0.6 is 0 Å². The Morgan fingerprint density at radius 1 is 1.33 bits per heavy atom. The summed E-state index contributed by atoms with van der Waals surface area (Å²) < 4.78 is 11.3. The second-order valence-electron chi connectivity index (χ2n) is 7.13. The van der Waals surface area contributed by atoms with Crippen molar-refractivity contribution in [2.24, 2.45) is 5.92 Å². The van der Waals surface area contributed by atoms with E-state index in [1.54, 1.807) is 0 Å². The largest absolute Gasteiger partial charge is 0.392 e. The lowest BCUT2D eigenvalue weighted by atomic mass is 9.89. The molecule has 0 aromatic carbocycles. The summed E-state index contributed by atoms with van der Waals surface area (Å²) in [5.41, 5.74) is 3.57. The van der Waals surface area contributed by atoms with Gasteiger partial charge in [0, 0.05) is 6.42 Å². The smallest absolute Gasteiger partial charge is 0.120 e. The number of hydrogen-bond acceptors (Lipinski definition) is 4. The summed E-state index contributed by atoms with van der Waals surface area (Å²) in [6, 6.07) is 0. The molecule has 0 aromatic heterocycles. The summed E-state index contributed by atoms with van der Waals surface area (Å²) in [5.74, 6) is 0.446. The molecule has 0 saturated carbocycles. The minimum atomic E-state index is 0.124. The van der Waals surface area contributed by atoms with Crippen molar-refractivity contribution in [1.82, 2.24) is 0 Å².